The highest BCUT2D eigenvalue weighted by molar-refractivity contribution is 8.00. The molecule has 0 amide bonds. The van der Waals surface area contributed by atoms with Gasteiger partial charge < -0.3 is 10.6 Å². The molecule has 2 rings (SSSR count). The van der Waals surface area contributed by atoms with Crippen LogP contribution in [0.25, 0.3) is 0 Å². The lowest BCUT2D eigenvalue weighted by molar-refractivity contribution is 0.633. The van der Waals surface area contributed by atoms with Crippen LogP contribution >= 0.6 is 11.8 Å². The first-order valence-electron chi connectivity index (χ1n) is 6.31. The first-order chi connectivity index (χ1) is 8.13. The maximum Gasteiger partial charge on any atom is 0.0513 e. The van der Waals surface area contributed by atoms with Gasteiger partial charge in [0.25, 0.3) is 0 Å². The average molecular weight is 250 g/mol. The second kappa shape index (κ2) is 5.32. The third-order valence-corrected chi connectivity index (χ3v) is 5.15. The van der Waals surface area contributed by atoms with Crippen LogP contribution in [0.1, 0.15) is 24.5 Å². The lowest BCUT2D eigenvalue weighted by atomic mass is 10.1. The molecule has 2 unspecified atom stereocenters. The minimum absolute atomic E-state index is 0.543. The van der Waals surface area contributed by atoms with Gasteiger partial charge >= 0.3 is 0 Å². The molecule has 0 spiro atoms. The lowest BCUT2D eigenvalue weighted by Crippen LogP contribution is -2.34. The molecular formula is C14H22N2S. The van der Waals surface area contributed by atoms with E-state index in [-0.39, 0.29) is 0 Å². The number of hydrogen-bond acceptors (Lipinski definition) is 3. The van der Waals surface area contributed by atoms with Crippen molar-refractivity contribution in [3.8, 4) is 0 Å². The highest BCUT2D eigenvalue weighted by Crippen LogP contribution is 2.42. The van der Waals surface area contributed by atoms with Crippen molar-refractivity contribution in [1.29, 1.82) is 0 Å². The summed E-state index contributed by atoms with van der Waals surface area (Å²) in [4.78, 5) is 1.45. The van der Waals surface area contributed by atoms with Crippen molar-refractivity contribution in [3.05, 3.63) is 23.3 Å². The molecule has 1 aliphatic heterocycles. The molecule has 0 saturated heterocycles. The molecule has 0 radical (unpaired) electrons. The van der Waals surface area contributed by atoms with Crippen LogP contribution in [0.2, 0.25) is 0 Å². The monoisotopic (exact) mass is 250 g/mol. The van der Waals surface area contributed by atoms with Gasteiger partial charge in [-0.2, -0.15) is 0 Å². The van der Waals surface area contributed by atoms with Crippen LogP contribution in [-0.4, -0.2) is 24.9 Å². The molecule has 0 bridgehead atoms. The Morgan fingerprint density at radius 1 is 1.29 bits per heavy atom. The SMILES string of the molecule is CNCCC1Sc2c(C)ccc(C)c2NC1C. The summed E-state index contributed by atoms with van der Waals surface area (Å²) >= 11 is 2.04. The van der Waals surface area contributed by atoms with Gasteiger partial charge in [-0.15, -0.1) is 11.8 Å². The molecule has 0 aromatic heterocycles. The highest BCUT2D eigenvalue weighted by atomic mass is 32.2. The predicted molar refractivity (Wildman–Crippen MR) is 77.2 cm³/mol. The summed E-state index contributed by atoms with van der Waals surface area (Å²) in [6.45, 7) is 7.77. The van der Waals surface area contributed by atoms with E-state index in [0.29, 0.717) is 11.3 Å². The number of hydrogen-bond donors (Lipinski definition) is 2. The van der Waals surface area contributed by atoms with Gasteiger partial charge in [0.2, 0.25) is 0 Å². The largest absolute Gasteiger partial charge is 0.380 e. The van der Waals surface area contributed by atoms with Crippen LogP contribution in [0.15, 0.2) is 17.0 Å². The van der Waals surface area contributed by atoms with Crippen LogP contribution < -0.4 is 10.6 Å². The van der Waals surface area contributed by atoms with E-state index in [9.17, 15) is 0 Å². The van der Waals surface area contributed by atoms with Crippen molar-refractivity contribution in [2.45, 2.75) is 43.4 Å². The topological polar surface area (TPSA) is 24.1 Å². The molecule has 1 heterocycles. The molecule has 0 aliphatic carbocycles. The summed E-state index contributed by atoms with van der Waals surface area (Å²) in [5.41, 5.74) is 4.10. The zero-order valence-electron chi connectivity index (χ0n) is 11.1. The fraction of sp³-hybridized carbons (Fsp3) is 0.571. The summed E-state index contributed by atoms with van der Waals surface area (Å²) in [6.07, 6.45) is 1.21. The number of fused-ring (bicyclic) bond motifs is 1. The van der Waals surface area contributed by atoms with Crippen molar-refractivity contribution in [2.24, 2.45) is 0 Å². The molecule has 1 aliphatic rings. The average Bonchev–Trinajstić information content (AvgIpc) is 2.32. The minimum Gasteiger partial charge on any atom is -0.380 e. The van der Waals surface area contributed by atoms with Crippen molar-refractivity contribution in [2.75, 3.05) is 18.9 Å². The molecule has 17 heavy (non-hydrogen) atoms. The van der Waals surface area contributed by atoms with Crippen LogP contribution in [0.3, 0.4) is 0 Å². The van der Waals surface area contributed by atoms with Crippen LogP contribution in [0.5, 0.6) is 0 Å². The van der Waals surface area contributed by atoms with Crippen molar-refractivity contribution >= 4 is 17.4 Å². The summed E-state index contributed by atoms with van der Waals surface area (Å²) in [5, 5.41) is 7.59. The fourth-order valence-corrected chi connectivity index (χ4v) is 3.69. The Morgan fingerprint density at radius 2 is 2.00 bits per heavy atom. The molecule has 2 atom stereocenters. The van der Waals surface area contributed by atoms with E-state index in [1.165, 1.54) is 28.1 Å². The molecule has 2 nitrogen and oxygen atoms in total. The molecule has 1 aromatic rings. The standard InChI is InChI=1S/C14H22N2S/c1-9-5-6-10(2)14-13(9)16-11(3)12(17-14)7-8-15-4/h5-6,11-12,15-16H,7-8H2,1-4H3. The number of aryl methyl sites for hydroxylation is 2. The van der Waals surface area contributed by atoms with Gasteiger partial charge in [0.05, 0.1) is 5.69 Å². The Kier molecular flexibility index (Phi) is 4.00. The number of rotatable bonds is 3. The Balaban J connectivity index is 2.24. The van der Waals surface area contributed by atoms with E-state index in [0.717, 1.165) is 6.54 Å². The van der Waals surface area contributed by atoms with Gasteiger partial charge in [0.15, 0.2) is 0 Å². The van der Waals surface area contributed by atoms with Gasteiger partial charge in [-0.05, 0) is 51.9 Å². The molecule has 94 valence electrons. The minimum atomic E-state index is 0.543. The van der Waals surface area contributed by atoms with Gasteiger partial charge in [-0.25, -0.2) is 0 Å². The van der Waals surface area contributed by atoms with E-state index in [1.807, 2.05) is 18.8 Å². The molecule has 0 saturated carbocycles. The number of benzene rings is 1. The summed E-state index contributed by atoms with van der Waals surface area (Å²) < 4.78 is 0. The number of anilines is 1. The third-order valence-electron chi connectivity index (χ3n) is 3.44. The Labute approximate surface area is 109 Å². The Hall–Kier alpha value is -0.670. The smallest absolute Gasteiger partial charge is 0.0513 e. The maximum absolute atomic E-state index is 3.68. The second-order valence-electron chi connectivity index (χ2n) is 4.89. The number of nitrogens with one attached hydrogen (secondary N) is 2. The van der Waals surface area contributed by atoms with E-state index in [1.54, 1.807) is 0 Å². The van der Waals surface area contributed by atoms with E-state index >= 15 is 0 Å². The predicted octanol–water partition coefficient (Wildman–Crippen LogP) is 3.19. The molecule has 0 fully saturated rings. The van der Waals surface area contributed by atoms with Crippen molar-refractivity contribution in [3.63, 3.8) is 0 Å². The van der Waals surface area contributed by atoms with E-state index < -0.39 is 0 Å². The zero-order chi connectivity index (χ0) is 12.4. The number of thioether (sulfide) groups is 1. The normalized spacial score (nSPS) is 23.1. The molecular weight excluding hydrogens is 228 g/mol. The third kappa shape index (κ3) is 2.61. The van der Waals surface area contributed by atoms with E-state index in [4.69, 9.17) is 0 Å². The first-order valence-corrected chi connectivity index (χ1v) is 7.19. The lowest BCUT2D eigenvalue weighted by Gasteiger charge is -2.34. The van der Waals surface area contributed by atoms with E-state index in [2.05, 4.69) is 43.5 Å². The van der Waals surface area contributed by atoms with Gasteiger partial charge in [-0.1, -0.05) is 12.1 Å². The van der Waals surface area contributed by atoms with Crippen molar-refractivity contribution in [1.82, 2.24) is 5.32 Å². The molecule has 3 heteroatoms. The first kappa shape index (κ1) is 12.8. The van der Waals surface area contributed by atoms with Gasteiger partial charge in [-0.3, -0.25) is 0 Å². The van der Waals surface area contributed by atoms with Crippen LogP contribution in [0.4, 0.5) is 5.69 Å². The zero-order valence-corrected chi connectivity index (χ0v) is 11.9. The summed E-state index contributed by atoms with van der Waals surface area (Å²) in [7, 11) is 2.02. The highest BCUT2D eigenvalue weighted by Gasteiger charge is 2.26. The maximum atomic E-state index is 3.68. The Morgan fingerprint density at radius 3 is 2.71 bits per heavy atom. The van der Waals surface area contributed by atoms with Crippen molar-refractivity contribution < 1.29 is 0 Å². The molecule has 1 aromatic carbocycles. The van der Waals surface area contributed by atoms with Crippen LogP contribution in [0, 0.1) is 13.8 Å². The quantitative estimate of drug-likeness (QED) is 0.861. The second-order valence-corrected chi connectivity index (χ2v) is 6.13. The summed E-state index contributed by atoms with van der Waals surface area (Å²) in [5.74, 6) is 0. The van der Waals surface area contributed by atoms with Gasteiger partial charge in [0.1, 0.15) is 0 Å². The Bertz CT molecular complexity index is 403. The fourth-order valence-electron chi connectivity index (χ4n) is 2.29. The van der Waals surface area contributed by atoms with Gasteiger partial charge in [0, 0.05) is 16.2 Å². The summed E-state index contributed by atoms with van der Waals surface area (Å²) in [6, 6.07) is 4.98. The molecule has 2 N–H and O–H groups in total. The van der Waals surface area contributed by atoms with Crippen LogP contribution in [-0.2, 0) is 0 Å².